The molecule has 5 heteroatoms. The molecule has 108 valence electrons. The highest BCUT2D eigenvalue weighted by Crippen LogP contribution is 2.11. The number of benzene rings is 1. The van der Waals surface area contributed by atoms with Gasteiger partial charge in [0.05, 0.1) is 6.54 Å². The Bertz CT molecular complexity index is 427. The van der Waals surface area contributed by atoms with Gasteiger partial charge in [0.15, 0.2) is 5.96 Å². The predicted octanol–water partition coefficient (Wildman–Crippen LogP) is 2.68. The SMILES string of the molecule is Cc1cccc(NC(N)=NCC(C)(C)N(C)C)c1.I. The molecular weight excluding hydrogens is 351 g/mol. The molecule has 3 N–H and O–H groups in total. The lowest BCUT2D eigenvalue weighted by Crippen LogP contribution is -2.41. The van der Waals surface area contributed by atoms with Gasteiger partial charge in [-0.05, 0) is 52.6 Å². The highest BCUT2D eigenvalue weighted by molar-refractivity contribution is 14.0. The number of nitrogens with one attached hydrogen (secondary N) is 1. The van der Waals surface area contributed by atoms with Gasteiger partial charge in [-0.1, -0.05) is 12.1 Å². The van der Waals surface area contributed by atoms with Crippen LogP contribution in [-0.4, -0.2) is 37.0 Å². The summed E-state index contributed by atoms with van der Waals surface area (Å²) in [6.07, 6.45) is 0. The number of anilines is 1. The number of hydrogen-bond donors (Lipinski definition) is 2. The minimum absolute atomic E-state index is 0. The quantitative estimate of drug-likeness (QED) is 0.483. The molecule has 0 saturated heterocycles. The van der Waals surface area contributed by atoms with Gasteiger partial charge in [0.25, 0.3) is 0 Å². The van der Waals surface area contributed by atoms with Gasteiger partial charge in [0.1, 0.15) is 0 Å². The summed E-state index contributed by atoms with van der Waals surface area (Å²) in [7, 11) is 4.08. The Balaban J connectivity index is 0.00000324. The monoisotopic (exact) mass is 376 g/mol. The summed E-state index contributed by atoms with van der Waals surface area (Å²) in [5, 5.41) is 3.10. The van der Waals surface area contributed by atoms with E-state index in [0.717, 1.165) is 5.69 Å². The van der Waals surface area contributed by atoms with Gasteiger partial charge in [-0.15, -0.1) is 24.0 Å². The van der Waals surface area contributed by atoms with Gasteiger partial charge < -0.3 is 16.0 Å². The second kappa shape index (κ2) is 7.69. The summed E-state index contributed by atoms with van der Waals surface area (Å²) in [5.74, 6) is 0.454. The molecule has 4 nitrogen and oxygen atoms in total. The number of guanidine groups is 1. The van der Waals surface area contributed by atoms with Crippen LogP contribution in [0.4, 0.5) is 5.69 Å². The number of nitrogens with two attached hydrogens (primary N) is 1. The van der Waals surface area contributed by atoms with E-state index in [1.165, 1.54) is 5.56 Å². The average molecular weight is 376 g/mol. The van der Waals surface area contributed by atoms with Crippen LogP contribution in [0.25, 0.3) is 0 Å². The van der Waals surface area contributed by atoms with E-state index in [1.807, 2.05) is 45.3 Å². The molecule has 1 rings (SSSR count). The second-order valence-corrected chi connectivity index (χ2v) is 5.40. The van der Waals surface area contributed by atoms with Crippen molar-refractivity contribution in [2.45, 2.75) is 26.3 Å². The Morgan fingerprint density at radius 3 is 2.53 bits per heavy atom. The van der Waals surface area contributed by atoms with Crippen molar-refractivity contribution in [3.8, 4) is 0 Å². The maximum Gasteiger partial charge on any atom is 0.193 e. The lowest BCUT2D eigenvalue weighted by molar-refractivity contribution is 0.205. The lowest BCUT2D eigenvalue weighted by atomic mass is 10.1. The molecule has 0 bridgehead atoms. The molecule has 0 amide bonds. The number of halogens is 1. The summed E-state index contributed by atoms with van der Waals surface area (Å²) in [4.78, 5) is 6.52. The highest BCUT2D eigenvalue weighted by Gasteiger charge is 2.19. The smallest absolute Gasteiger partial charge is 0.193 e. The normalized spacial score (nSPS) is 12.2. The number of likely N-dealkylation sites (N-methyl/N-ethyl adjacent to an activating group) is 1. The van der Waals surface area contributed by atoms with Crippen LogP contribution in [0.2, 0.25) is 0 Å². The third-order valence-corrected chi connectivity index (χ3v) is 3.14. The molecule has 0 aliphatic carbocycles. The van der Waals surface area contributed by atoms with Gasteiger partial charge in [0, 0.05) is 11.2 Å². The first-order valence-corrected chi connectivity index (χ1v) is 6.12. The molecule has 0 spiro atoms. The zero-order valence-corrected chi connectivity index (χ0v) is 14.7. The zero-order chi connectivity index (χ0) is 13.8. The fraction of sp³-hybridized carbons (Fsp3) is 0.500. The van der Waals surface area contributed by atoms with Crippen molar-refractivity contribution in [1.29, 1.82) is 0 Å². The summed E-state index contributed by atoms with van der Waals surface area (Å²) in [5.41, 5.74) is 8.05. The Morgan fingerprint density at radius 2 is 2.00 bits per heavy atom. The Labute approximate surface area is 133 Å². The topological polar surface area (TPSA) is 53.6 Å². The molecule has 0 saturated carbocycles. The molecule has 0 heterocycles. The fourth-order valence-electron chi connectivity index (χ4n) is 1.33. The number of rotatable bonds is 4. The largest absolute Gasteiger partial charge is 0.370 e. The highest BCUT2D eigenvalue weighted by atomic mass is 127. The molecule has 0 radical (unpaired) electrons. The second-order valence-electron chi connectivity index (χ2n) is 5.40. The van der Waals surface area contributed by atoms with Crippen molar-refractivity contribution in [2.75, 3.05) is 26.0 Å². The maximum absolute atomic E-state index is 5.88. The predicted molar refractivity (Wildman–Crippen MR) is 94.5 cm³/mol. The van der Waals surface area contributed by atoms with Crippen LogP contribution in [0.5, 0.6) is 0 Å². The molecule has 0 unspecified atom stereocenters. The summed E-state index contributed by atoms with van der Waals surface area (Å²) < 4.78 is 0. The van der Waals surface area contributed by atoms with E-state index in [-0.39, 0.29) is 29.5 Å². The van der Waals surface area contributed by atoms with E-state index in [1.54, 1.807) is 0 Å². The van der Waals surface area contributed by atoms with Crippen molar-refractivity contribution in [3.05, 3.63) is 29.8 Å². The average Bonchev–Trinajstić information content (AvgIpc) is 2.26. The van der Waals surface area contributed by atoms with Gasteiger partial charge in [-0.3, -0.25) is 4.99 Å². The van der Waals surface area contributed by atoms with Gasteiger partial charge in [-0.2, -0.15) is 0 Å². The fourth-order valence-corrected chi connectivity index (χ4v) is 1.33. The third kappa shape index (κ3) is 6.24. The van der Waals surface area contributed by atoms with Crippen molar-refractivity contribution >= 4 is 35.6 Å². The summed E-state index contributed by atoms with van der Waals surface area (Å²) >= 11 is 0. The maximum atomic E-state index is 5.88. The van der Waals surface area contributed by atoms with Gasteiger partial charge in [0.2, 0.25) is 0 Å². The van der Waals surface area contributed by atoms with Crippen LogP contribution in [-0.2, 0) is 0 Å². The number of aryl methyl sites for hydroxylation is 1. The summed E-state index contributed by atoms with van der Waals surface area (Å²) in [6, 6.07) is 8.06. The Morgan fingerprint density at radius 1 is 1.37 bits per heavy atom. The Kier molecular flexibility index (Phi) is 7.36. The molecule has 1 aromatic carbocycles. The molecule has 0 aliphatic rings. The first kappa shape index (κ1) is 18.2. The van der Waals surface area contributed by atoms with Crippen molar-refractivity contribution in [3.63, 3.8) is 0 Å². The van der Waals surface area contributed by atoms with Crippen LogP contribution in [0.3, 0.4) is 0 Å². The van der Waals surface area contributed by atoms with E-state index >= 15 is 0 Å². The number of nitrogens with zero attached hydrogens (tertiary/aromatic N) is 2. The molecule has 0 fully saturated rings. The lowest BCUT2D eigenvalue weighted by Gasteiger charge is -2.30. The van der Waals surface area contributed by atoms with Crippen LogP contribution in [0.15, 0.2) is 29.3 Å². The molecule has 19 heavy (non-hydrogen) atoms. The van der Waals surface area contributed by atoms with Crippen LogP contribution in [0.1, 0.15) is 19.4 Å². The van der Waals surface area contributed by atoms with Crippen LogP contribution < -0.4 is 11.1 Å². The van der Waals surface area contributed by atoms with E-state index < -0.39 is 0 Å². The van der Waals surface area contributed by atoms with Crippen LogP contribution >= 0.6 is 24.0 Å². The van der Waals surface area contributed by atoms with Crippen LogP contribution in [0, 0.1) is 6.92 Å². The number of hydrogen-bond acceptors (Lipinski definition) is 2. The molecule has 0 aromatic heterocycles. The van der Waals surface area contributed by atoms with E-state index in [4.69, 9.17) is 5.73 Å². The molecular formula is C14H25IN4. The van der Waals surface area contributed by atoms with Crippen molar-refractivity contribution < 1.29 is 0 Å². The first-order valence-electron chi connectivity index (χ1n) is 6.12. The zero-order valence-electron chi connectivity index (χ0n) is 12.4. The van der Waals surface area contributed by atoms with Gasteiger partial charge in [-0.25, -0.2) is 0 Å². The van der Waals surface area contributed by atoms with Gasteiger partial charge >= 0.3 is 0 Å². The third-order valence-electron chi connectivity index (χ3n) is 3.14. The van der Waals surface area contributed by atoms with E-state index in [0.29, 0.717) is 12.5 Å². The Hall–Kier alpha value is -0.820. The standard InChI is InChI=1S/C14H24N4.HI/c1-11-7-6-8-12(9-11)17-13(15)16-10-14(2,3)18(4)5;/h6-9H,10H2,1-5H3,(H3,15,16,17);1H. The summed E-state index contributed by atoms with van der Waals surface area (Å²) in [6.45, 7) is 6.98. The van der Waals surface area contributed by atoms with E-state index in [9.17, 15) is 0 Å². The van der Waals surface area contributed by atoms with Crippen molar-refractivity contribution in [2.24, 2.45) is 10.7 Å². The molecule has 1 aromatic rings. The molecule has 0 aliphatic heterocycles. The van der Waals surface area contributed by atoms with Crippen molar-refractivity contribution in [1.82, 2.24) is 4.90 Å². The molecule has 0 atom stereocenters. The first-order chi connectivity index (χ1) is 8.31. The number of aliphatic imine (C=N–C) groups is 1. The minimum Gasteiger partial charge on any atom is -0.370 e. The minimum atomic E-state index is -0.00109. The van der Waals surface area contributed by atoms with E-state index in [2.05, 4.69) is 29.1 Å².